The molecule has 0 spiro atoms. The molecule has 0 aromatic heterocycles. The van der Waals surface area contributed by atoms with E-state index in [0.717, 1.165) is 0 Å². The van der Waals surface area contributed by atoms with Crippen molar-refractivity contribution in [2.45, 2.75) is 0 Å². The van der Waals surface area contributed by atoms with Crippen LogP contribution in [0.2, 0.25) is 0 Å². The summed E-state index contributed by atoms with van der Waals surface area (Å²) in [4.78, 5) is 0. The Labute approximate surface area is 222 Å². The van der Waals surface area contributed by atoms with E-state index in [1.54, 1.807) is 0 Å². The molecule has 0 radical (unpaired) electrons. The fourth-order valence-corrected chi connectivity index (χ4v) is 5.69. The van der Waals surface area contributed by atoms with E-state index in [1.807, 2.05) is 0 Å². The van der Waals surface area contributed by atoms with Crippen LogP contribution in [0.4, 0.5) is 0 Å². The highest BCUT2D eigenvalue weighted by Crippen LogP contribution is 2.36. The molecule has 0 unspecified atom stereocenters. The van der Waals surface area contributed by atoms with E-state index < -0.39 is 0 Å². The van der Waals surface area contributed by atoms with Gasteiger partial charge in [-0.15, -0.1) is 0 Å². The van der Waals surface area contributed by atoms with Crippen LogP contribution in [0, 0.1) is 0 Å². The van der Waals surface area contributed by atoms with Crippen LogP contribution >= 0.6 is 0 Å². The predicted molar refractivity (Wildman–Crippen MR) is 167 cm³/mol. The standard InChI is InChI=1S/C38H26/c1-3-17-31-27(11-1)13-9-15-29(31)23-25-37-33-19-5-7-21-35(33)38(36-22-8-6-20-34(36)37)26-24-30-16-10-14-28-12-2-4-18-32(28)30/h1-26H/b25-23+,26-24+. The van der Waals surface area contributed by atoms with E-state index in [2.05, 4.69) is 158 Å². The van der Waals surface area contributed by atoms with Crippen LogP contribution in [0.15, 0.2) is 133 Å². The van der Waals surface area contributed by atoms with Crippen LogP contribution < -0.4 is 0 Å². The molecule has 178 valence electrons. The molecule has 0 atom stereocenters. The average Bonchev–Trinajstić information content (AvgIpc) is 2.99. The van der Waals surface area contributed by atoms with Crippen LogP contribution in [0.3, 0.4) is 0 Å². The number of benzene rings is 7. The number of rotatable bonds is 4. The maximum atomic E-state index is 2.30. The normalized spacial score (nSPS) is 12.0. The fraction of sp³-hybridized carbons (Fsp3) is 0. The summed E-state index contributed by atoms with van der Waals surface area (Å²) in [7, 11) is 0. The molecule has 0 nitrogen and oxygen atoms in total. The molecule has 0 saturated heterocycles. The van der Waals surface area contributed by atoms with Gasteiger partial charge in [-0.25, -0.2) is 0 Å². The summed E-state index contributed by atoms with van der Waals surface area (Å²) in [5.74, 6) is 0. The van der Waals surface area contributed by atoms with E-state index in [-0.39, 0.29) is 0 Å². The van der Waals surface area contributed by atoms with Gasteiger partial charge in [-0.2, -0.15) is 0 Å². The van der Waals surface area contributed by atoms with Crippen molar-refractivity contribution in [3.8, 4) is 0 Å². The molecule has 0 saturated carbocycles. The van der Waals surface area contributed by atoms with Gasteiger partial charge in [-0.3, -0.25) is 0 Å². The van der Waals surface area contributed by atoms with Crippen molar-refractivity contribution in [3.05, 3.63) is 156 Å². The lowest BCUT2D eigenvalue weighted by atomic mass is 9.90. The van der Waals surface area contributed by atoms with Crippen molar-refractivity contribution < 1.29 is 0 Å². The number of hydrogen-bond donors (Lipinski definition) is 0. The SMILES string of the molecule is C(=C\c1c2ccccc2c(/C=C/c2cccc3ccccc23)c2ccccc12)/c1cccc2ccccc12. The highest BCUT2D eigenvalue weighted by Gasteiger charge is 2.11. The number of fused-ring (bicyclic) bond motifs is 4. The Morgan fingerprint density at radius 2 is 0.579 bits per heavy atom. The van der Waals surface area contributed by atoms with Crippen molar-refractivity contribution >= 4 is 67.4 Å². The Morgan fingerprint density at radius 3 is 0.974 bits per heavy atom. The minimum Gasteiger partial charge on any atom is -0.0616 e. The van der Waals surface area contributed by atoms with Crippen molar-refractivity contribution in [2.75, 3.05) is 0 Å². The van der Waals surface area contributed by atoms with Crippen molar-refractivity contribution in [2.24, 2.45) is 0 Å². The largest absolute Gasteiger partial charge is 0.0616 e. The van der Waals surface area contributed by atoms with Gasteiger partial charge in [-0.1, -0.05) is 158 Å². The molecule has 38 heavy (non-hydrogen) atoms. The highest BCUT2D eigenvalue weighted by molar-refractivity contribution is 6.15. The van der Waals surface area contributed by atoms with Gasteiger partial charge >= 0.3 is 0 Å². The molecular weight excluding hydrogens is 456 g/mol. The van der Waals surface area contributed by atoms with Crippen LogP contribution in [0.5, 0.6) is 0 Å². The first-order chi connectivity index (χ1) is 18.9. The Kier molecular flexibility index (Phi) is 5.57. The fourth-order valence-electron chi connectivity index (χ4n) is 5.69. The first-order valence-electron chi connectivity index (χ1n) is 13.1. The lowest BCUT2D eigenvalue weighted by Gasteiger charge is -2.13. The molecule has 7 aromatic rings. The summed E-state index contributed by atoms with van der Waals surface area (Å²) in [6.45, 7) is 0. The summed E-state index contributed by atoms with van der Waals surface area (Å²) in [5, 5.41) is 10.1. The minimum atomic E-state index is 1.23. The predicted octanol–water partition coefficient (Wildman–Crippen LogP) is 10.6. The molecule has 7 aromatic carbocycles. The molecule has 0 aliphatic heterocycles. The van der Waals surface area contributed by atoms with Crippen LogP contribution in [0.1, 0.15) is 22.3 Å². The van der Waals surface area contributed by atoms with E-state index in [9.17, 15) is 0 Å². The molecule has 0 heterocycles. The van der Waals surface area contributed by atoms with Gasteiger partial charge < -0.3 is 0 Å². The van der Waals surface area contributed by atoms with Crippen molar-refractivity contribution in [1.29, 1.82) is 0 Å². The van der Waals surface area contributed by atoms with E-state index in [4.69, 9.17) is 0 Å². The molecule has 0 aliphatic rings. The average molecular weight is 483 g/mol. The quantitative estimate of drug-likeness (QED) is 0.173. The summed E-state index contributed by atoms with van der Waals surface area (Å²) in [6.07, 6.45) is 9.12. The second-order valence-corrected chi connectivity index (χ2v) is 9.72. The van der Waals surface area contributed by atoms with Gasteiger partial charge in [0, 0.05) is 0 Å². The smallest absolute Gasteiger partial charge is 0.00987 e. The third-order valence-corrected chi connectivity index (χ3v) is 7.52. The van der Waals surface area contributed by atoms with Gasteiger partial charge in [0.05, 0.1) is 0 Å². The zero-order valence-electron chi connectivity index (χ0n) is 21.0. The molecule has 0 N–H and O–H groups in total. The Morgan fingerprint density at radius 1 is 0.263 bits per heavy atom. The summed E-state index contributed by atoms with van der Waals surface area (Å²) >= 11 is 0. The Hall–Kier alpha value is -4.94. The van der Waals surface area contributed by atoms with E-state index in [0.29, 0.717) is 0 Å². The molecule has 7 rings (SSSR count). The zero-order chi connectivity index (χ0) is 25.3. The zero-order valence-corrected chi connectivity index (χ0v) is 21.0. The van der Waals surface area contributed by atoms with Gasteiger partial charge in [0.1, 0.15) is 0 Å². The maximum absolute atomic E-state index is 2.30. The highest BCUT2D eigenvalue weighted by atomic mass is 14.1. The number of hydrogen-bond acceptors (Lipinski definition) is 0. The second-order valence-electron chi connectivity index (χ2n) is 9.72. The van der Waals surface area contributed by atoms with E-state index in [1.165, 1.54) is 65.3 Å². The van der Waals surface area contributed by atoms with Crippen LogP contribution in [-0.2, 0) is 0 Å². The van der Waals surface area contributed by atoms with E-state index >= 15 is 0 Å². The Balaban J connectivity index is 1.43. The molecule has 0 amide bonds. The lowest BCUT2D eigenvalue weighted by Crippen LogP contribution is -1.89. The van der Waals surface area contributed by atoms with Gasteiger partial charge in [0.2, 0.25) is 0 Å². The van der Waals surface area contributed by atoms with Gasteiger partial charge in [0.25, 0.3) is 0 Å². The molecule has 0 fully saturated rings. The minimum absolute atomic E-state index is 1.23. The topological polar surface area (TPSA) is 0 Å². The summed E-state index contributed by atoms with van der Waals surface area (Å²) < 4.78 is 0. The van der Waals surface area contributed by atoms with Crippen LogP contribution in [0.25, 0.3) is 67.4 Å². The van der Waals surface area contributed by atoms with Crippen molar-refractivity contribution in [1.82, 2.24) is 0 Å². The second kappa shape index (κ2) is 9.50. The Bertz CT molecular complexity index is 1810. The first kappa shape index (κ1) is 22.3. The third kappa shape index (κ3) is 3.88. The monoisotopic (exact) mass is 482 g/mol. The third-order valence-electron chi connectivity index (χ3n) is 7.52. The maximum Gasteiger partial charge on any atom is -0.00987 e. The first-order valence-corrected chi connectivity index (χ1v) is 13.1. The molecule has 0 aliphatic carbocycles. The molecule has 0 bridgehead atoms. The molecular formula is C38H26. The van der Waals surface area contributed by atoms with Crippen molar-refractivity contribution in [3.63, 3.8) is 0 Å². The summed E-state index contributed by atoms with van der Waals surface area (Å²) in [5.41, 5.74) is 4.98. The van der Waals surface area contributed by atoms with Gasteiger partial charge in [-0.05, 0) is 65.3 Å². The van der Waals surface area contributed by atoms with Gasteiger partial charge in [0.15, 0.2) is 0 Å². The van der Waals surface area contributed by atoms with Crippen LogP contribution in [-0.4, -0.2) is 0 Å². The lowest BCUT2D eigenvalue weighted by molar-refractivity contribution is 1.70. The molecule has 0 heteroatoms. The summed E-state index contributed by atoms with van der Waals surface area (Å²) in [6, 6.07) is 47.8.